The number of benzene rings is 1. The first-order valence-electron chi connectivity index (χ1n) is 5.03. The Bertz CT molecular complexity index is 677. The first kappa shape index (κ1) is 13.0. The van der Waals surface area contributed by atoms with Crippen LogP contribution in [0, 0.1) is 6.92 Å². The van der Waals surface area contributed by atoms with Crippen LogP contribution < -0.4 is 10.9 Å². The molecule has 0 saturated heterocycles. The lowest BCUT2D eigenvalue weighted by Gasteiger charge is -2.08. The van der Waals surface area contributed by atoms with Crippen LogP contribution in [0.25, 0.3) is 0 Å². The maximum atomic E-state index is 11.3. The summed E-state index contributed by atoms with van der Waals surface area (Å²) < 4.78 is 27.9. The van der Waals surface area contributed by atoms with Gasteiger partial charge in [-0.25, -0.2) is 13.6 Å². The lowest BCUT2D eigenvalue weighted by Crippen LogP contribution is -2.14. The first-order chi connectivity index (χ1) is 8.39. The molecule has 2 rings (SSSR count). The molecule has 5 nitrogen and oxygen atoms in total. The summed E-state index contributed by atoms with van der Waals surface area (Å²) >= 11 is 1.34. The molecule has 96 valence electrons. The Labute approximate surface area is 109 Å². The summed E-state index contributed by atoms with van der Waals surface area (Å²) in [6, 6.07) is 6.52. The molecule has 0 aliphatic carbocycles. The van der Waals surface area contributed by atoms with Crippen LogP contribution in [-0.4, -0.2) is 8.42 Å². The lowest BCUT2D eigenvalue weighted by atomic mass is 10.3. The molecule has 1 aromatic carbocycles. The van der Waals surface area contributed by atoms with Crippen LogP contribution >= 0.6 is 11.8 Å². The molecule has 0 aliphatic rings. The first-order valence-corrected chi connectivity index (χ1v) is 7.39. The van der Waals surface area contributed by atoms with E-state index in [9.17, 15) is 8.42 Å². The fraction of sp³-hybridized carbons (Fsp3) is 0.0909. The Kier molecular flexibility index (Phi) is 3.38. The van der Waals surface area contributed by atoms with E-state index in [-0.39, 0.29) is 10.6 Å². The van der Waals surface area contributed by atoms with Gasteiger partial charge >= 0.3 is 0 Å². The summed E-state index contributed by atoms with van der Waals surface area (Å²) in [5.41, 5.74) is 5.98. The Balaban J connectivity index is 2.45. The second-order valence-corrected chi connectivity index (χ2v) is 6.27. The van der Waals surface area contributed by atoms with Crippen molar-refractivity contribution in [3.8, 4) is 0 Å². The van der Waals surface area contributed by atoms with E-state index in [1.54, 1.807) is 24.5 Å². The number of rotatable bonds is 3. The molecule has 2 aromatic rings. The Hall–Kier alpha value is -1.44. The van der Waals surface area contributed by atoms with Gasteiger partial charge in [-0.3, -0.25) is 0 Å². The van der Waals surface area contributed by atoms with Gasteiger partial charge in [-0.1, -0.05) is 17.8 Å². The van der Waals surface area contributed by atoms with Gasteiger partial charge < -0.3 is 10.2 Å². The molecule has 0 unspecified atom stereocenters. The average molecular weight is 284 g/mol. The molecule has 0 spiro atoms. The molecule has 0 bridgehead atoms. The van der Waals surface area contributed by atoms with E-state index >= 15 is 0 Å². The molecule has 0 amide bonds. The number of primary sulfonamides is 1. The van der Waals surface area contributed by atoms with Gasteiger partial charge in [0.2, 0.25) is 10.0 Å². The van der Waals surface area contributed by atoms with E-state index in [1.807, 2.05) is 6.92 Å². The second-order valence-electron chi connectivity index (χ2n) is 3.66. The summed E-state index contributed by atoms with van der Waals surface area (Å²) in [5.74, 6) is 0.750. The smallest absolute Gasteiger partial charge is 0.240 e. The van der Waals surface area contributed by atoms with Gasteiger partial charge in [-0.05, 0) is 25.1 Å². The monoisotopic (exact) mass is 284 g/mol. The van der Waals surface area contributed by atoms with Crippen LogP contribution in [0.1, 0.15) is 5.76 Å². The van der Waals surface area contributed by atoms with Crippen molar-refractivity contribution in [2.24, 2.45) is 5.14 Å². The molecular formula is C11H12N2O3S2. The molecule has 0 radical (unpaired) electrons. The van der Waals surface area contributed by atoms with E-state index in [4.69, 9.17) is 15.3 Å². The van der Waals surface area contributed by atoms with Crippen LogP contribution in [-0.2, 0) is 10.0 Å². The van der Waals surface area contributed by atoms with Gasteiger partial charge in [-0.15, -0.1) is 0 Å². The number of para-hydroxylation sites is 1. The Morgan fingerprint density at radius 2 is 1.94 bits per heavy atom. The molecule has 1 aromatic heterocycles. The zero-order valence-electron chi connectivity index (χ0n) is 9.58. The highest BCUT2D eigenvalue weighted by atomic mass is 32.2. The average Bonchev–Trinajstić information content (AvgIpc) is 2.66. The Morgan fingerprint density at radius 3 is 2.50 bits per heavy atom. The highest BCUT2D eigenvalue weighted by Gasteiger charge is 2.16. The van der Waals surface area contributed by atoms with Crippen molar-refractivity contribution in [1.29, 1.82) is 0 Å². The number of nitrogen functional groups attached to an aromatic ring is 1. The number of nitrogens with two attached hydrogens (primary N) is 2. The number of furan rings is 1. The molecule has 0 aliphatic heterocycles. The Morgan fingerprint density at radius 1 is 1.22 bits per heavy atom. The third-order valence-corrected chi connectivity index (χ3v) is 4.55. The van der Waals surface area contributed by atoms with Crippen molar-refractivity contribution in [3.05, 3.63) is 36.3 Å². The van der Waals surface area contributed by atoms with Crippen LogP contribution in [0.3, 0.4) is 0 Å². The van der Waals surface area contributed by atoms with Gasteiger partial charge in [0, 0.05) is 4.90 Å². The molecular weight excluding hydrogens is 272 g/mol. The molecule has 18 heavy (non-hydrogen) atoms. The van der Waals surface area contributed by atoms with Crippen molar-refractivity contribution >= 4 is 27.5 Å². The van der Waals surface area contributed by atoms with Crippen molar-refractivity contribution in [2.75, 3.05) is 5.73 Å². The zero-order valence-corrected chi connectivity index (χ0v) is 11.2. The van der Waals surface area contributed by atoms with Crippen molar-refractivity contribution in [3.63, 3.8) is 0 Å². The van der Waals surface area contributed by atoms with E-state index in [2.05, 4.69) is 0 Å². The maximum Gasteiger partial charge on any atom is 0.240 e. The van der Waals surface area contributed by atoms with Gasteiger partial charge in [0.25, 0.3) is 0 Å². The summed E-state index contributed by atoms with van der Waals surface area (Å²) in [4.78, 5) is 1.45. The standard InChI is InChI=1S/C11H12N2O3S2/c1-7-8(5-6-16-7)17-9-3-2-4-10(11(9)12)18(13,14)15/h2-6H,12H2,1H3,(H2,13,14,15). The summed E-state index contributed by atoms with van der Waals surface area (Å²) in [7, 11) is -3.81. The van der Waals surface area contributed by atoms with Gasteiger partial charge in [-0.2, -0.15) is 0 Å². The molecule has 4 N–H and O–H groups in total. The zero-order chi connectivity index (χ0) is 13.3. The van der Waals surface area contributed by atoms with Crippen molar-refractivity contribution in [1.82, 2.24) is 0 Å². The molecule has 0 fully saturated rings. The van der Waals surface area contributed by atoms with Crippen LogP contribution in [0.15, 0.2) is 49.6 Å². The van der Waals surface area contributed by atoms with Crippen LogP contribution in [0.4, 0.5) is 5.69 Å². The predicted octanol–water partition coefficient (Wildman–Crippen LogP) is 1.97. The van der Waals surface area contributed by atoms with Crippen molar-refractivity contribution in [2.45, 2.75) is 21.6 Å². The number of aryl methyl sites for hydroxylation is 1. The number of anilines is 1. The lowest BCUT2D eigenvalue weighted by molar-refractivity contribution is 0.527. The summed E-state index contributed by atoms with van der Waals surface area (Å²) in [6.07, 6.45) is 1.57. The van der Waals surface area contributed by atoms with E-state index < -0.39 is 10.0 Å². The minimum absolute atomic E-state index is 0.0614. The topological polar surface area (TPSA) is 99.3 Å². The van der Waals surface area contributed by atoms with Gasteiger partial charge in [0.05, 0.1) is 16.8 Å². The van der Waals surface area contributed by atoms with Crippen molar-refractivity contribution < 1.29 is 12.8 Å². The number of hydrogen-bond acceptors (Lipinski definition) is 5. The minimum Gasteiger partial charge on any atom is -0.468 e. The molecule has 0 saturated carbocycles. The maximum absolute atomic E-state index is 11.3. The predicted molar refractivity (Wildman–Crippen MR) is 69.8 cm³/mol. The molecule has 0 atom stereocenters. The summed E-state index contributed by atoms with van der Waals surface area (Å²) in [5, 5.41) is 5.09. The van der Waals surface area contributed by atoms with Gasteiger partial charge in [0.15, 0.2) is 0 Å². The quantitative estimate of drug-likeness (QED) is 0.839. The second kappa shape index (κ2) is 4.68. The largest absolute Gasteiger partial charge is 0.468 e. The summed E-state index contributed by atoms with van der Waals surface area (Å²) in [6.45, 7) is 1.82. The minimum atomic E-state index is -3.81. The van der Waals surface area contributed by atoms with E-state index in [0.717, 1.165) is 10.7 Å². The van der Waals surface area contributed by atoms with Crippen LogP contribution in [0.2, 0.25) is 0 Å². The normalized spacial score (nSPS) is 11.7. The number of hydrogen-bond donors (Lipinski definition) is 2. The SMILES string of the molecule is Cc1occc1Sc1cccc(S(N)(=O)=O)c1N. The highest BCUT2D eigenvalue weighted by Crippen LogP contribution is 2.36. The molecule has 1 heterocycles. The fourth-order valence-corrected chi connectivity index (χ4v) is 3.13. The fourth-order valence-electron chi connectivity index (χ4n) is 1.46. The van der Waals surface area contributed by atoms with E-state index in [0.29, 0.717) is 4.90 Å². The van der Waals surface area contributed by atoms with E-state index in [1.165, 1.54) is 17.8 Å². The third-order valence-electron chi connectivity index (χ3n) is 2.36. The van der Waals surface area contributed by atoms with Crippen LogP contribution in [0.5, 0.6) is 0 Å². The highest BCUT2D eigenvalue weighted by molar-refractivity contribution is 7.99. The molecule has 7 heteroatoms. The third kappa shape index (κ3) is 2.53. The van der Waals surface area contributed by atoms with Gasteiger partial charge in [0.1, 0.15) is 10.7 Å². The number of sulfonamides is 1.